The van der Waals surface area contributed by atoms with Gasteiger partial charge in [0.05, 0.1) is 17.1 Å². The summed E-state index contributed by atoms with van der Waals surface area (Å²) in [7, 11) is 0. The van der Waals surface area contributed by atoms with Gasteiger partial charge < -0.3 is 15.2 Å². The monoisotopic (exact) mass is 396 g/mol. The second-order valence-corrected chi connectivity index (χ2v) is 7.65. The van der Waals surface area contributed by atoms with Crippen molar-refractivity contribution in [3.8, 4) is 0 Å². The van der Waals surface area contributed by atoms with E-state index < -0.39 is 0 Å². The fraction of sp³-hybridized carbons (Fsp3) is 0.364. The fourth-order valence-corrected chi connectivity index (χ4v) is 3.78. The van der Waals surface area contributed by atoms with E-state index in [1.54, 1.807) is 11.8 Å². The van der Waals surface area contributed by atoms with Gasteiger partial charge in [0.1, 0.15) is 5.82 Å². The molecule has 2 N–H and O–H groups in total. The molecule has 1 heterocycles. The maximum atomic E-state index is 12.9. The number of anilines is 1. The molecule has 2 aromatic carbocycles. The number of fused-ring (bicyclic) bond motifs is 1. The van der Waals surface area contributed by atoms with E-state index >= 15 is 0 Å². The Morgan fingerprint density at radius 1 is 1.14 bits per heavy atom. The summed E-state index contributed by atoms with van der Waals surface area (Å²) in [5, 5.41) is 3.16. The molecule has 3 aromatic rings. The van der Waals surface area contributed by atoms with E-state index in [2.05, 4.69) is 40.3 Å². The Hall–Kier alpha value is -2.47. The van der Waals surface area contributed by atoms with E-state index in [1.807, 2.05) is 48.5 Å². The zero-order valence-corrected chi connectivity index (χ0v) is 17.6. The smallest absolute Gasteiger partial charge is 0.251 e. The first-order valence-electron chi connectivity index (χ1n) is 9.75. The molecule has 0 radical (unpaired) electrons. The number of carbonyl (C=O) groups is 1. The van der Waals surface area contributed by atoms with Gasteiger partial charge in [-0.15, -0.1) is 0 Å². The fourth-order valence-electron chi connectivity index (χ4n) is 3.30. The maximum absolute atomic E-state index is 12.9. The molecule has 148 valence electrons. The van der Waals surface area contributed by atoms with Gasteiger partial charge in [-0.1, -0.05) is 12.1 Å². The van der Waals surface area contributed by atoms with Gasteiger partial charge in [-0.05, 0) is 68.7 Å². The van der Waals surface area contributed by atoms with Gasteiger partial charge in [-0.2, -0.15) is 11.8 Å². The van der Waals surface area contributed by atoms with Crippen molar-refractivity contribution in [1.82, 2.24) is 15.3 Å². The highest BCUT2D eigenvalue weighted by molar-refractivity contribution is 7.98. The van der Waals surface area contributed by atoms with E-state index in [0.29, 0.717) is 5.56 Å². The van der Waals surface area contributed by atoms with Crippen LogP contribution in [0.4, 0.5) is 5.69 Å². The third kappa shape index (κ3) is 4.68. The molecule has 1 aromatic heterocycles. The van der Waals surface area contributed by atoms with Crippen molar-refractivity contribution in [1.29, 1.82) is 0 Å². The third-order valence-corrected chi connectivity index (χ3v) is 5.56. The van der Waals surface area contributed by atoms with Gasteiger partial charge in [0, 0.05) is 24.3 Å². The summed E-state index contributed by atoms with van der Waals surface area (Å²) in [5.41, 5.74) is 3.72. The van der Waals surface area contributed by atoms with Crippen LogP contribution in [0.3, 0.4) is 0 Å². The minimum atomic E-state index is -0.144. The SMILES string of the molecule is CCN(CC)c1ccc(C(=O)N[C@@H](CCSC)c2nc3ccccc3[nH]2)cc1. The molecule has 6 heteroatoms. The lowest BCUT2D eigenvalue weighted by molar-refractivity contribution is 0.0934. The molecule has 0 saturated heterocycles. The van der Waals surface area contributed by atoms with Crippen LogP contribution in [-0.2, 0) is 0 Å². The summed E-state index contributed by atoms with van der Waals surface area (Å²) >= 11 is 1.77. The molecule has 0 aliphatic rings. The van der Waals surface area contributed by atoms with E-state index in [-0.39, 0.29) is 11.9 Å². The normalized spacial score (nSPS) is 12.1. The van der Waals surface area contributed by atoms with Crippen molar-refractivity contribution in [2.75, 3.05) is 30.0 Å². The summed E-state index contributed by atoms with van der Waals surface area (Å²) in [6, 6.07) is 15.6. The minimum absolute atomic E-state index is 0.0716. The average molecular weight is 397 g/mol. The van der Waals surface area contributed by atoms with Crippen molar-refractivity contribution in [2.24, 2.45) is 0 Å². The number of carbonyl (C=O) groups excluding carboxylic acids is 1. The number of H-pyrrole nitrogens is 1. The van der Waals surface area contributed by atoms with Crippen LogP contribution in [0.5, 0.6) is 0 Å². The van der Waals surface area contributed by atoms with Crippen molar-refractivity contribution < 1.29 is 4.79 Å². The number of nitrogens with one attached hydrogen (secondary N) is 2. The number of hydrogen-bond acceptors (Lipinski definition) is 4. The van der Waals surface area contributed by atoms with Crippen LogP contribution >= 0.6 is 11.8 Å². The van der Waals surface area contributed by atoms with Crippen LogP contribution in [0, 0.1) is 0 Å². The zero-order valence-electron chi connectivity index (χ0n) is 16.7. The second-order valence-electron chi connectivity index (χ2n) is 6.67. The topological polar surface area (TPSA) is 61.0 Å². The lowest BCUT2D eigenvalue weighted by atomic mass is 10.1. The highest BCUT2D eigenvalue weighted by Crippen LogP contribution is 2.21. The van der Waals surface area contributed by atoms with Gasteiger partial charge >= 0.3 is 0 Å². The van der Waals surface area contributed by atoms with E-state index in [1.165, 1.54) is 0 Å². The molecule has 0 saturated carbocycles. The van der Waals surface area contributed by atoms with Crippen LogP contribution in [0.15, 0.2) is 48.5 Å². The molecule has 0 unspecified atom stereocenters. The molecule has 1 amide bonds. The van der Waals surface area contributed by atoms with E-state index in [0.717, 1.165) is 47.8 Å². The molecule has 0 bridgehead atoms. The number of rotatable bonds is 9. The van der Waals surface area contributed by atoms with Crippen LogP contribution in [-0.4, -0.2) is 41.0 Å². The predicted octanol–water partition coefficient (Wildman–Crippen LogP) is 4.63. The summed E-state index contributed by atoms with van der Waals surface area (Å²) in [6.07, 6.45) is 2.90. The van der Waals surface area contributed by atoms with Gasteiger partial charge in [-0.3, -0.25) is 4.79 Å². The number of hydrogen-bond donors (Lipinski definition) is 2. The van der Waals surface area contributed by atoms with Gasteiger partial charge in [0.15, 0.2) is 0 Å². The first kappa shape index (κ1) is 20.3. The number of para-hydroxylation sites is 2. The summed E-state index contributed by atoms with van der Waals surface area (Å²) in [4.78, 5) is 23.2. The largest absolute Gasteiger partial charge is 0.372 e. The Morgan fingerprint density at radius 3 is 2.50 bits per heavy atom. The van der Waals surface area contributed by atoms with Crippen molar-refractivity contribution in [3.63, 3.8) is 0 Å². The van der Waals surface area contributed by atoms with E-state index in [4.69, 9.17) is 0 Å². The molecule has 0 aliphatic carbocycles. The first-order chi connectivity index (χ1) is 13.7. The number of aromatic amines is 1. The highest BCUT2D eigenvalue weighted by Gasteiger charge is 2.19. The van der Waals surface area contributed by atoms with Gasteiger partial charge in [0.25, 0.3) is 5.91 Å². The van der Waals surface area contributed by atoms with Gasteiger partial charge in [0.2, 0.25) is 0 Å². The third-order valence-electron chi connectivity index (χ3n) is 4.91. The molecule has 28 heavy (non-hydrogen) atoms. The minimum Gasteiger partial charge on any atom is -0.372 e. The quantitative estimate of drug-likeness (QED) is 0.553. The van der Waals surface area contributed by atoms with Crippen LogP contribution in [0.1, 0.15) is 42.5 Å². The summed E-state index contributed by atoms with van der Waals surface area (Å²) in [6.45, 7) is 6.16. The Morgan fingerprint density at radius 2 is 1.86 bits per heavy atom. The molecule has 5 nitrogen and oxygen atoms in total. The molecular formula is C22H28N4OS. The predicted molar refractivity (Wildman–Crippen MR) is 119 cm³/mol. The Bertz CT molecular complexity index is 869. The number of nitrogens with zero attached hydrogens (tertiary/aromatic N) is 2. The highest BCUT2D eigenvalue weighted by atomic mass is 32.2. The molecule has 1 atom stereocenters. The summed E-state index contributed by atoms with van der Waals surface area (Å²) in [5.74, 6) is 1.68. The lowest BCUT2D eigenvalue weighted by Gasteiger charge is -2.21. The second kappa shape index (κ2) is 9.64. The van der Waals surface area contributed by atoms with Crippen molar-refractivity contribution >= 4 is 34.4 Å². The van der Waals surface area contributed by atoms with Crippen molar-refractivity contribution in [2.45, 2.75) is 26.3 Å². The first-order valence-corrected chi connectivity index (χ1v) is 11.1. The lowest BCUT2D eigenvalue weighted by Crippen LogP contribution is -2.30. The number of benzene rings is 2. The number of thioether (sulfide) groups is 1. The Kier molecular flexibility index (Phi) is 6.98. The van der Waals surface area contributed by atoms with Gasteiger partial charge in [-0.25, -0.2) is 4.98 Å². The average Bonchev–Trinajstić information content (AvgIpc) is 3.16. The Labute approximate surface area is 170 Å². The van der Waals surface area contributed by atoms with Crippen LogP contribution in [0.2, 0.25) is 0 Å². The zero-order chi connectivity index (χ0) is 19.9. The number of amides is 1. The van der Waals surface area contributed by atoms with Crippen molar-refractivity contribution in [3.05, 3.63) is 59.9 Å². The van der Waals surface area contributed by atoms with Crippen LogP contribution in [0.25, 0.3) is 11.0 Å². The Balaban J connectivity index is 1.77. The summed E-state index contributed by atoms with van der Waals surface area (Å²) < 4.78 is 0. The maximum Gasteiger partial charge on any atom is 0.251 e. The standard InChI is InChI=1S/C22H28N4OS/c1-4-26(5-2)17-12-10-16(11-13-17)22(27)25-20(14-15-28-3)21-23-18-8-6-7-9-19(18)24-21/h6-13,20H,4-5,14-15H2,1-3H3,(H,23,24)(H,25,27)/t20-/m0/s1. The molecule has 0 fully saturated rings. The van der Waals surface area contributed by atoms with Crippen LogP contribution < -0.4 is 10.2 Å². The molecular weight excluding hydrogens is 368 g/mol. The number of aromatic nitrogens is 2. The molecule has 3 rings (SSSR count). The number of imidazole rings is 1. The molecule has 0 aliphatic heterocycles. The molecule has 0 spiro atoms. The van der Waals surface area contributed by atoms with E-state index in [9.17, 15) is 4.79 Å².